The second-order valence-electron chi connectivity index (χ2n) is 5.94. The number of rotatable bonds is 5. The molecule has 0 spiro atoms. The first-order chi connectivity index (χ1) is 9.45. The summed E-state index contributed by atoms with van der Waals surface area (Å²) in [5.74, 6) is -2.62. The van der Waals surface area contributed by atoms with Crippen molar-refractivity contribution in [1.29, 1.82) is 0 Å². The fourth-order valence-corrected chi connectivity index (χ4v) is 3.15. The Labute approximate surface area is 117 Å². The Hall–Kier alpha value is -0.780. The van der Waals surface area contributed by atoms with Gasteiger partial charge in [0.15, 0.2) is 0 Å². The lowest BCUT2D eigenvalue weighted by atomic mass is 9.78. The second kappa shape index (κ2) is 6.33. The minimum atomic E-state index is -4.26. The van der Waals surface area contributed by atoms with Crippen molar-refractivity contribution in [3.8, 4) is 0 Å². The Morgan fingerprint density at radius 2 is 1.80 bits per heavy atom. The molecule has 0 radical (unpaired) electrons. The third kappa shape index (κ3) is 3.65. The van der Waals surface area contributed by atoms with E-state index >= 15 is 0 Å². The van der Waals surface area contributed by atoms with Crippen molar-refractivity contribution in [1.82, 2.24) is 4.90 Å². The van der Waals surface area contributed by atoms with Gasteiger partial charge in [0.1, 0.15) is 0 Å². The topological polar surface area (TPSA) is 46.3 Å². The summed E-state index contributed by atoms with van der Waals surface area (Å²) in [4.78, 5) is 14.2. The summed E-state index contributed by atoms with van der Waals surface area (Å²) >= 11 is 0. The molecule has 2 unspecified atom stereocenters. The van der Waals surface area contributed by atoms with E-state index in [2.05, 4.69) is 0 Å². The molecule has 2 N–H and O–H groups in total. The lowest BCUT2D eigenvalue weighted by molar-refractivity contribution is -0.201. The number of carbonyl (C=O) groups excluding carboxylic acids is 1. The van der Waals surface area contributed by atoms with Crippen LogP contribution in [0, 0.1) is 11.8 Å². The molecule has 0 heterocycles. The summed E-state index contributed by atoms with van der Waals surface area (Å²) in [6, 6.07) is 0.157. The standard InChI is InChI=1S/C14H23F3N2O/c15-14(16,17)12-5-2-1-4-11(12)13(20)19(9-3-8-18)10-6-7-10/h10-12H,1-9,18H2. The van der Waals surface area contributed by atoms with E-state index in [0.29, 0.717) is 32.4 Å². The lowest BCUT2D eigenvalue weighted by Crippen LogP contribution is -2.46. The number of alkyl halides is 3. The molecule has 2 saturated carbocycles. The quantitative estimate of drug-likeness (QED) is 0.847. The maximum absolute atomic E-state index is 13.1. The zero-order valence-corrected chi connectivity index (χ0v) is 11.7. The monoisotopic (exact) mass is 292 g/mol. The van der Waals surface area contributed by atoms with Crippen LogP contribution >= 0.6 is 0 Å². The van der Waals surface area contributed by atoms with Gasteiger partial charge >= 0.3 is 6.18 Å². The third-order valence-corrected chi connectivity index (χ3v) is 4.38. The van der Waals surface area contributed by atoms with Crippen LogP contribution < -0.4 is 5.73 Å². The van der Waals surface area contributed by atoms with E-state index in [4.69, 9.17) is 5.73 Å². The van der Waals surface area contributed by atoms with E-state index in [0.717, 1.165) is 19.3 Å². The number of nitrogens with two attached hydrogens (primary N) is 1. The van der Waals surface area contributed by atoms with Gasteiger partial charge in [-0.2, -0.15) is 13.2 Å². The van der Waals surface area contributed by atoms with E-state index in [1.165, 1.54) is 0 Å². The highest BCUT2D eigenvalue weighted by Crippen LogP contribution is 2.43. The van der Waals surface area contributed by atoms with Gasteiger partial charge in [-0.1, -0.05) is 12.8 Å². The summed E-state index contributed by atoms with van der Waals surface area (Å²) in [6.45, 7) is 0.963. The lowest BCUT2D eigenvalue weighted by Gasteiger charge is -2.35. The molecule has 0 bridgehead atoms. The molecule has 0 saturated heterocycles. The first kappa shape index (κ1) is 15.6. The van der Waals surface area contributed by atoms with Gasteiger partial charge in [-0.05, 0) is 38.6 Å². The predicted molar refractivity (Wildman–Crippen MR) is 69.9 cm³/mol. The number of hydrogen-bond acceptors (Lipinski definition) is 2. The Kier molecular flexibility index (Phi) is 4.94. The average Bonchev–Trinajstić information content (AvgIpc) is 3.22. The van der Waals surface area contributed by atoms with Gasteiger partial charge in [0.25, 0.3) is 0 Å². The first-order valence-corrected chi connectivity index (χ1v) is 7.52. The van der Waals surface area contributed by atoms with Gasteiger partial charge in [-0.15, -0.1) is 0 Å². The molecule has 2 rings (SSSR count). The molecule has 2 aliphatic carbocycles. The van der Waals surface area contributed by atoms with Crippen molar-refractivity contribution in [2.45, 2.75) is 57.2 Å². The molecule has 3 nitrogen and oxygen atoms in total. The van der Waals surface area contributed by atoms with Crippen molar-refractivity contribution >= 4 is 5.91 Å². The molecule has 20 heavy (non-hydrogen) atoms. The van der Waals surface area contributed by atoms with Crippen molar-refractivity contribution in [3.05, 3.63) is 0 Å². The van der Waals surface area contributed by atoms with Crippen LogP contribution in [0.4, 0.5) is 13.2 Å². The van der Waals surface area contributed by atoms with Gasteiger partial charge in [-0.25, -0.2) is 0 Å². The van der Waals surface area contributed by atoms with Crippen LogP contribution in [0.15, 0.2) is 0 Å². The van der Waals surface area contributed by atoms with E-state index in [1.807, 2.05) is 0 Å². The molecule has 6 heteroatoms. The number of hydrogen-bond donors (Lipinski definition) is 1. The molecule has 0 aromatic carbocycles. The minimum Gasteiger partial charge on any atom is -0.339 e. The highest BCUT2D eigenvalue weighted by atomic mass is 19.4. The molecule has 2 aliphatic rings. The van der Waals surface area contributed by atoms with E-state index < -0.39 is 18.0 Å². The number of halogens is 3. The summed E-state index contributed by atoms with van der Waals surface area (Å²) in [7, 11) is 0. The maximum Gasteiger partial charge on any atom is 0.392 e. The van der Waals surface area contributed by atoms with Gasteiger partial charge in [0.05, 0.1) is 5.92 Å². The van der Waals surface area contributed by atoms with Crippen LogP contribution in [-0.2, 0) is 4.79 Å². The molecule has 0 aliphatic heterocycles. The molecule has 2 atom stereocenters. The molecular formula is C14H23F3N2O. The summed E-state index contributed by atoms with van der Waals surface area (Å²) < 4.78 is 39.3. The van der Waals surface area contributed by atoms with E-state index in [9.17, 15) is 18.0 Å². The number of nitrogens with zero attached hydrogens (tertiary/aromatic N) is 1. The summed E-state index contributed by atoms with van der Waals surface area (Å²) in [6.07, 6.45) is -0.0162. The van der Waals surface area contributed by atoms with Gasteiger partial charge in [0, 0.05) is 18.5 Å². The van der Waals surface area contributed by atoms with Gasteiger partial charge in [-0.3, -0.25) is 4.79 Å². The van der Waals surface area contributed by atoms with Crippen LogP contribution in [0.3, 0.4) is 0 Å². The molecule has 116 valence electrons. The maximum atomic E-state index is 13.1. The number of carbonyl (C=O) groups is 1. The summed E-state index contributed by atoms with van der Waals surface area (Å²) in [5, 5.41) is 0. The van der Waals surface area contributed by atoms with E-state index in [-0.39, 0.29) is 18.4 Å². The highest BCUT2D eigenvalue weighted by Gasteiger charge is 2.50. The summed E-state index contributed by atoms with van der Waals surface area (Å²) in [5.41, 5.74) is 5.45. The van der Waals surface area contributed by atoms with Crippen molar-refractivity contribution in [2.24, 2.45) is 17.6 Å². The third-order valence-electron chi connectivity index (χ3n) is 4.38. The van der Waals surface area contributed by atoms with Gasteiger partial charge < -0.3 is 10.6 Å². The van der Waals surface area contributed by atoms with Crippen LogP contribution in [0.2, 0.25) is 0 Å². The first-order valence-electron chi connectivity index (χ1n) is 7.52. The number of amides is 1. The Balaban J connectivity index is 2.07. The zero-order valence-electron chi connectivity index (χ0n) is 11.7. The highest BCUT2D eigenvalue weighted by molar-refractivity contribution is 5.80. The van der Waals surface area contributed by atoms with Crippen molar-refractivity contribution in [3.63, 3.8) is 0 Å². The molecule has 1 amide bonds. The van der Waals surface area contributed by atoms with Crippen LogP contribution in [0.5, 0.6) is 0 Å². The molecule has 2 fully saturated rings. The minimum absolute atomic E-state index is 0.0926. The average molecular weight is 292 g/mol. The normalized spacial score (nSPS) is 27.4. The smallest absolute Gasteiger partial charge is 0.339 e. The fraction of sp³-hybridized carbons (Fsp3) is 0.929. The Morgan fingerprint density at radius 1 is 1.15 bits per heavy atom. The SMILES string of the molecule is NCCCN(C(=O)C1CCCCC1C(F)(F)F)C1CC1. The second-order valence-corrected chi connectivity index (χ2v) is 5.94. The zero-order chi connectivity index (χ0) is 14.8. The Morgan fingerprint density at radius 3 is 2.35 bits per heavy atom. The van der Waals surface area contributed by atoms with Crippen LogP contribution in [0.1, 0.15) is 44.9 Å². The fourth-order valence-electron chi connectivity index (χ4n) is 3.15. The van der Waals surface area contributed by atoms with Crippen molar-refractivity contribution in [2.75, 3.05) is 13.1 Å². The van der Waals surface area contributed by atoms with E-state index in [1.54, 1.807) is 4.90 Å². The van der Waals surface area contributed by atoms with Crippen LogP contribution in [-0.4, -0.2) is 36.1 Å². The largest absolute Gasteiger partial charge is 0.392 e. The van der Waals surface area contributed by atoms with Crippen molar-refractivity contribution < 1.29 is 18.0 Å². The predicted octanol–water partition coefficient (Wildman–Crippen LogP) is 2.69. The molecular weight excluding hydrogens is 269 g/mol. The van der Waals surface area contributed by atoms with Crippen LogP contribution in [0.25, 0.3) is 0 Å². The molecule has 0 aromatic rings. The Bertz CT molecular complexity index is 342. The van der Waals surface area contributed by atoms with Gasteiger partial charge in [0.2, 0.25) is 5.91 Å². The molecule has 0 aromatic heterocycles.